The van der Waals surface area contributed by atoms with Crippen LogP contribution in [-0.4, -0.2) is 23.8 Å². The van der Waals surface area contributed by atoms with Crippen molar-refractivity contribution in [2.45, 2.75) is 58.1 Å². The Hall–Kier alpha value is -0.0800. The topological polar surface area (TPSA) is 32.3 Å². The molecule has 2 N–H and O–H groups in total. The largest absolute Gasteiger partial charge is 0.393 e. The number of aliphatic hydroxyl groups excluding tert-OH is 1. The molecule has 88 valence electrons. The van der Waals surface area contributed by atoms with Gasteiger partial charge in [0.2, 0.25) is 0 Å². The lowest BCUT2D eigenvalue weighted by Gasteiger charge is -2.24. The summed E-state index contributed by atoms with van der Waals surface area (Å²) in [5.41, 5.74) is 0. The molecule has 0 saturated heterocycles. The first-order valence-electron chi connectivity index (χ1n) is 6.58. The molecule has 0 aromatic rings. The van der Waals surface area contributed by atoms with Crippen LogP contribution in [0.15, 0.2) is 0 Å². The van der Waals surface area contributed by atoms with Gasteiger partial charge in [-0.1, -0.05) is 20.3 Å². The SMILES string of the molecule is CC(C)[C@@H](O)CCN[C@H]1C[C@H]2CC[C@H]1C2. The van der Waals surface area contributed by atoms with Crippen LogP contribution in [0.25, 0.3) is 0 Å². The monoisotopic (exact) mass is 211 g/mol. The van der Waals surface area contributed by atoms with Crippen molar-refractivity contribution in [3.05, 3.63) is 0 Å². The minimum Gasteiger partial charge on any atom is -0.393 e. The van der Waals surface area contributed by atoms with Gasteiger partial charge in [0.1, 0.15) is 0 Å². The number of hydrogen-bond acceptors (Lipinski definition) is 2. The molecule has 2 aliphatic carbocycles. The zero-order valence-corrected chi connectivity index (χ0v) is 10.1. The van der Waals surface area contributed by atoms with Crippen LogP contribution in [0.3, 0.4) is 0 Å². The van der Waals surface area contributed by atoms with Crippen molar-refractivity contribution in [1.82, 2.24) is 5.32 Å². The molecule has 2 saturated carbocycles. The van der Waals surface area contributed by atoms with Crippen LogP contribution in [-0.2, 0) is 0 Å². The highest BCUT2D eigenvalue weighted by Gasteiger charge is 2.38. The molecular weight excluding hydrogens is 186 g/mol. The van der Waals surface area contributed by atoms with E-state index in [4.69, 9.17) is 0 Å². The van der Waals surface area contributed by atoms with Crippen LogP contribution in [0.4, 0.5) is 0 Å². The molecule has 0 aliphatic heterocycles. The number of nitrogens with one attached hydrogen (secondary N) is 1. The van der Waals surface area contributed by atoms with Gasteiger partial charge in [-0.05, 0) is 50.0 Å². The Labute approximate surface area is 93.5 Å². The Morgan fingerprint density at radius 3 is 2.60 bits per heavy atom. The highest BCUT2D eigenvalue weighted by molar-refractivity contribution is 4.94. The molecule has 4 atom stereocenters. The average molecular weight is 211 g/mol. The molecule has 0 aromatic carbocycles. The van der Waals surface area contributed by atoms with E-state index in [0.29, 0.717) is 5.92 Å². The third-order valence-electron chi connectivity index (χ3n) is 4.35. The summed E-state index contributed by atoms with van der Waals surface area (Å²) in [6.45, 7) is 5.16. The fourth-order valence-electron chi connectivity index (χ4n) is 3.24. The maximum atomic E-state index is 9.69. The molecule has 15 heavy (non-hydrogen) atoms. The smallest absolute Gasteiger partial charge is 0.0575 e. The lowest BCUT2D eigenvalue weighted by Crippen LogP contribution is -2.36. The first kappa shape index (κ1) is 11.4. The minimum absolute atomic E-state index is 0.129. The zero-order valence-electron chi connectivity index (χ0n) is 10.1. The summed E-state index contributed by atoms with van der Waals surface area (Å²) in [4.78, 5) is 0. The van der Waals surface area contributed by atoms with Gasteiger partial charge in [-0.25, -0.2) is 0 Å². The number of aliphatic hydroxyl groups is 1. The van der Waals surface area contributed by atoms with E-state index in [2.05, 4.69) is 19.2 Å². The molecule has 0 heterocycles. The Bertz CT molecular complexity index is 205. The van der Waals surface area contributed by atoms with Gasteiger partial charge >= 0.3 is 0 Å². The highest BCUT2D eigenvalue weighted by atomic mass is 16.3. The molecule has 0 amide bonds. The fraction of sp³-hybridized carbons (Fsp3) is 1.00. The maximum absolute atomic E-state index is 9.69. The van der Waals surface area contributed by atoms with E-state index in [9.17, 15) is 5.11 Å². The first-order chi connectivity index (χ1) is 7.16. The van der Waals surface area contributed by atoms with E-state index in [0.717, 1.165) is 30.8 Å². The van der Waals surface area contributed by atoms with E-state index in [1.807, 2.05) is 0 Å². The third kappa shape index (κ3) is 2.73. The van der Waals surface area contributed by atoms with Gasteiger partial charge in [0.05, 0.1) is 6.10 Å². The summed E-state index contributed by atoms with van der Waals surface area (Å²) in [5, 5.41) is 13.3. The summed E-state index contributed by atoms with van der Waals surface area (Å²) in [5.74, 6) is 2.36. The van der Waals surface area contributed by atoms with Gasteiger partial charge in [-0.3, -0.25) is 0 Å². The van der Waals surface area contributed by atoms with Crippen LogP contribution < -0.4 is 5.32 Å². The Morgan fingerprint density at radius 2 is 2.07 bits per heavy atom. The summed E-state index contributed by atoms with van der Waals surface area (Å²) >= 11 is 0. The number of hydrogen-bond donors (Lipinski definition) is 2. The van der Waals surface area contributed by atoms with E-state index >= 15 is 0 Å². The minimum atomic E-state index is -0.129. The molecule has 0 radical (unpaired) electrons. The van der Waals surface area contributed by atoms with Crippen LogP contribution in [0.2, 0.25) is 0 Å². The summed E-state index contributed by atoms with van der Waals surface area (Å²) in [6, 6.07) is 0.767. The molecule has 0 spiro atoms. The van der Waals surface area contributed by atoms with E-state index in [-0.39, 0.29) is 6.10 Å². The van der Waals surface area contributed by atoms with Gasteiger partial charge in [0.15, 0.2) is 0 Å². The van der Waals surface area contributed by atoms with Gasteiger partial charge in [0.25, 0.3) is 0 Å². The molecule has 0 unspecified atom stereocenters. The Kier molecular flexibility index (Phi) is 3.68. The molecule has 2 aliphatic rings. The van der Waals surface area contributed by atoms with Crippen LogP contribution >= 0.6 is 0 Å². The average Bonchev–Trinajstić information content (AvgIpc) is 2.78. The van der Waals surface area contributed by atoms with Crippen LogP contribution in [0.1, 0.15) is 46.0 Å². The predicted octanol–water partition coefficient (Wildman–Crippen LogP) is 2.17. The summed E-state index contributed by atoms with van der Waals surface area (Å²) in [6.07, 6.45) is 6.54. The third-order valence-corrected chi connectivity index (χ3v) is 4.35. The molecule has 2 nitrogen and oxygen atoms in total. The van der Waals surface area contributed by atoms with Crippen LogP contribution in [0, 0.1) is 17.8 Å². The van der Waals surface area contributed by atoms with Crippen molar-refractivity contribution < 1.29 is 5.11 Å². The highest BCUT2D eigenvalue weighted by Crippen LogP contribution is 2.44. The number of fused-ring (bicyclic) bond motifs is 2. The molecule has 2 bridgehead atoms. The second kappa shape index (κ2) is 4.84. The zero-order chi connectivity index (χ0) is 10.8. The molecule has 2 heteroatoms. The second-order valence-electron chi connectivity index (χ2n) is 5.84. The quantitative estimate of drug-likeness (QED) is 0.730. The summed E-state index contributed by atoms with van der Waals surface area (Å²) < 4.78 is 0. The lowest BCUT2D eigenvalue weighted by molar-refractivity contribution is 0.114. The van der Waals surface area contributed by atoms with Gasteiger partial charge in [0, 0.05) is 6.04 Å². The molecule has 2 rings (SSSR count). The van der Waals surface area contributed by atoms with Gasteiger partial charge < -0.3 is 10.4 Å². The van der Waals surface area contributed by atoms with E-state index in [1.54, 1.807) is 0 Å². The normalized spacial score (nSPS) is 36.4. The van der Waals surface area contributed by atoms with Crippen molar-refractivity contribution in [2.24, 2.45) is 17.8 Å². The van der Waals surface area contributed by atoms with Crippen molar-refractivity contribution >= 4 is 0 Å². The molecule has 2 fully saturated rings. The predicted molar refractivity (Wildman–Crippen MR) is 62.7 cm³/mol. The Balaban J connectivity index is 1.62. The van der Waals surface area contributed by atoms with Crippen molar-refractivity contribution in [2.75, 3.05) is 6.54 Å². The van der Waals surface area contributed by atoms with Crippen molar-refractivity contribution in [3.8, 4) is 0 Å². The second-order valence-corrected chi connectivity index (χ2v) is 5.84. The lowest BCUT2D eigenvalue weighted by atomic mass is 9.95. The fourth-order valence-corrected chi connectivity index (χ4v) is 3.24. The Morgan fingerprint density at radius 1 is 1.27 bits per heavy atom. The number of rotatable bonds is 5. The van der Waals surface area contributed by atoms with Gasteiger partial charge in [-0.15, -0.1) is 0 Å². The summed E-state index contributed by atoms with van der Waals surface area (Å²) in [7, 11) is 0. The van der Waals surface area contributed by atoms with Crippen molar-refractivity contribution in [1.29, 1.82) is 0 Å². The van der Waals surface area contributed by atoms with Crippen molar-refractivity contribution in [3.63, 3.8) is 0 Å². The van der Waals surface area contributed by atoms with E-state index in [1.165, 1.54) is 25.7 Å². The molecular formula is C13H25NO. The standard InChI is InChI=1S/C13H25NO/c1-9(2)13(15)5-6-14-12-8-10-3-4-11(12)7-10/h9-15H,3-8H2,1-2H3/t10-,11-,12-,13-/m0/s1. The first-order valence-corrected chi connectivity index (χ1v) is 6.58. The molecule has 0 aromatic heterocycles. The maximum Gasteiger partial charge on any atom is 0.0575 e. The van der Waals surface area contributed by atoms with Gasteiger partial charge in [-0.2, -0.15) is 0 Å². The van der Waals surface area contributed by atoms with E-state index < -0.39 is 0 Å². The van der Waals surface area contributed by atoms with Crippen LogP contribution in [0.5, 0.6) is 0 Å².